The van der Waals surface area contributed by atoms with Crippen molar-refractivity contribution in [1.82, 2.24) is 20.5 Å². The molecule has 0 radical (unpaired) electrons. The molecule has 0 saturated carbocycles. The van der Waals surface area contributed by atoms with Gasteiger partial charge in [-0.3, -0.25) is 9.78 Å². The molecule has 0 atom stereocenters. The van der Waals surface area contributed by atoms with E-state index in [4.69, 9.17) is 13.9 Å². The van der Waals surface area contributed by atoms with Crippen LogP contribution in [0.25, 0.3) is 11.5 Å². The highest BCUT2D eigenvalue weighted by Crippen LogP contribution is 2.27. The molecule has 0 bridgehead atoms. The van der Waals surface area contributed by atoms with E-state index in [1.165, 1.54) is 0 Å². The summed E-state index contributed by atoms with van der Waals surface area (Å²) < 4.78 is 16.0. The Balaban J connectivity index is 1.50. The number of ether oxygens (including phenoxy) is 2. The standard InChI is InChI=1S/C19H20N4O4/c1-25-15-6-5-13(10-16(15)26-2)11-21-17(24)7-8-18-22-23-19(27-18)14-4-3-9-20-12-14/h3-6,9-10,12H,7-8,11H2,1-2H3,(H,21,24). The molecule has 140 valence electrons. The number of hydrogen-bond acceptors (Lipinski definition) is 7. The summed E-state index contributed by atoms with van der Waals surface area (Å²) in [5, 5.41) is 10.8. The van der Waals surface area contributed by atoms with Gasteiger partial charge in [0.05, 0.1) is 19.8 Å². The fraction of sp³-hybridized carbons (Fsp3) is 0.263. The summed E-state index contributed by atoms with van der Waals surface area (Å²) in [5.41, 5.74) is 1.66. The fourth-order valence-corrected chi connectivity index (χ4v) is 2.46. The normalized spacial score (nSPS) is 10.4. The number of aryl methyl sites for hydroxylation is 1. The first kappa shape index (κ1) is 18.4. The number of methoxy groups -OCH3 is 2. The van der Waals surface area contributed by atoms with E-state index >= 15 is 0 Å². The molecule has 1 amide bonds. The predicted molar refractivity (Wildman–Crippen MR) is 97.2 cm³/mol. The summed E-state index contributed by atoms with van der Waals surface area (Å²) in [5.74, 6) is 1.97. The summed E-state index contributed by atoms with van der Waals surface area (Å²) in [6, 6.07) is 9.14. The maximum atomic E-state index is 12.1. The Hall–Kier alpha value is -3.42. The maximum Gasteiger partial charge on any atom is 0.249 e. The van der Waals surface area contributed by atoms with E-state index in [9.17, 15) is 4.79 Å². The number of carbonyl (C=O) groups excluding carboxylic acids is 1. The number of benzene rings is 1. The van der Waals surface area contributed by atoms with Crippen LogP contribution >= 0.6 is 0 Å². The smallest absolute Gasteiger partial charge is 0.249 e. The molecule has 0 aliphatic carbocycles. The largest absolute Gasteiger partial charge is 0.493 e. The summed E-state index contributed by atoms with van der Waals surface area (Å²) in [7, 11) is 3.15. The molecule has 1 aromatic carbocycles. The van der Waals surface area contributed by atoms with Gasteiger partial charge >= 0.3 is 0 Å². The van der Waals surface area contributed by atoms with Crippen molar-refractivity contribution in [1.29, 1.82) is 0 Å². The third-order valence-corrected chi connectivity index (χ3v) is 3.88. The zero-order chi connectivity index (χ0) is 19.1. The number of carbonyl (C=O) groups is 1. The van der Waals surface area contributed by atoms with Crippen molar-refractivity contribution in [2.24, 2.45) is 0 Å². The first-order valence-electron chi connectivity index (χ1n) is 8.40. The van der Waals surface area contributed by atoms with E-state index < -0.39 is 0 Å². The Morgan fingerprint density at radius 1 is 1.15 bits per heavy atom. The third kappa shape index (κ3) is 4.81. The van der Waals surface area contributed by atoms with Gasteiger partial charge in [-0.25, -0.2) is 0 Å². The molecule has 0 fully saturated rings. The van der Waals surface area contributed by atoms with Crippen LogP contribution < -0.4 is 14.8 Å². The molecule has 3 rings (SSSR count). The van der Waals surface area contributed by atoms with Crippen LogP contribution in [0.15, 0.2) is 47.1 Å². The number of hydrogen-bond donors (Lipinski definition) is 1. The minimum absolute atomic E-state index is 0.106. The number of nitrogens with one attached hydrogen (secondary N) is 1. The van der Waals surface area contributed by atoms with Gasteiger partial charge in [0.1, 0.15) is 0 Å². The lowest BCUT2D eigenvalue weighted by atomic mass is 10.2. The van der Waals surface area contributed by atoms with Crippen LogP contribution in [0.2, 0.25) is 0 Å². The summed E-state index contributed by atoms with van der Waals surface area (Å²) in [6.07, 6.45) is 3.93. The first-order valence-corrected chi connectivity index (χ1v) is 8.40. The van der Waals surface area contributed by atoms with Gasteiger partial charge in [0.15, 0.2) is 11.5 Å². The summed E-state index contributed by atoms with van der Waals surface area (Å²) in [4.78, 5) is 16.1. The van der Waals surface area contributed by atoms with Crippen molar-refractivity contribution < 1.29 is 18.7 Å². The molecule has 0 spiro atoms. The van der Waals surface area contributed by atoms with Crippen molar-refractivity contribution in [3.63, 3.8) is 0 Å². The Morgan fingerprint density at radius 2 is 2.00 bits per heavy atom. The number of nitrogens with zero attached hydrogens (tertiary/aromatic N) is 3. The lowest BCUT2D eigenvalue weighted by Crippen LogP contribution is -2.23. The highest BCUT2D eigenvalue weighted by Gasteiger charge is 2.11. The van der Waals surface area contributed by atoms with E-state index in [2.05, 4.69) is 20.5 Å². The van der Waals surface area contributed by atoms with Crippen LogP contribution in [-0.2, 0) is 17.8 Å². The van der Waals surface area contributed by atoms with Crippen molar-refractivity contribution in [3.05, 3.63) is 54.2 Å². The molecule has 27 heavy (non-hydrogen) atoms. The second-order valence-corrected chi connectivity index (χ2v) is 5.71. The third-order valence-electron chi connectivity index (χ3n) is 3.88. The van der Waals surface area contributed by atoms with Gasteiger partial charge in [-0.2, -0.15) is 0 Å². The van der Waals surface area contributed by atoms with E-state index in [1.807, 2.05) is 18.2 Å². The second kappa shape index (κ2) is 8.79. The maximum absolute atomic E-state index is 12.1. The highest BCUT2D eigenvalue weighted by molar-refractivity contribution is 5.76. The van der Waals surface area contributed by atoms with Gasteiger partial charge in [0.2, 0.25) is 17.7 Å². The van der Waals surface area contributed by atoms with Crippen LogP contribution in [0.4, 0.5) is 0 Å². The Labute approximate surface area is 156 Å². The van der Waals surface area contributed by atoms with Gasteiger partial charge in [-0.15, -0.1) is 10.2 Å². The van der Waals surface area contributed by atoms with Crippen LogP contribution in [0, 0.1) is 0 Å². The molecule has 0 aliphatic heterocycles. The zero-order valence-corrected chi connectivity index (χ0v) is 15.1. The molecule has 0 saturated heterocycles. The average Bonchev–Trinajstić information content (AvgIpc) is 3.20. The molecule has 0 unspecified atom stereocenters. The van der Waals surface area contributed by atoms with Crippen molar-refractivity contribution >= 4 is 5.91 Å². The summed E-state index contributed by atoms with van der Waals surface area (Å²) in [6.45, 7) is 0.393. The molecule has 8 nitrogen and oxygen atoms in total. The van der Waals surface area contributed by atoms with Crippen LogP contribution in [0.3, 0.4) is 0 Å². The zero-order valence-electron chi connectivity index (χ0n) is 15.1. The Kier molecular flexibility index (Phi) is 5.98. The lowest BCUT2D eigenvalue weighted by Gasteiger charge is -2.10. The Morgan fingerprint density at radius 3 is 2.74 bits per heavy atom. The molecule has 3 aromatic rings. The van der Waals surface area contributed by atoms with E-state index in [-0.39, 0.29) is 12.3 Å². The fourth-order valence-electron chi connectivity index (χ4n) is 2.46. The Bertz CT molecular complexity index is 896. The van der Waals surface area contributed by atoms with E-state index in [1.54, 1.807) is 38.7 Å². The minimum Gasteiger partial charge on any atom is -0.493 e. The number of aromatic nitrogens is 3. The molecule has 2 aromatic heterocycles. The molecule has 1 N–H and O–H groups in total. The molecule has 2 heterocycles. The van der Waals surface area contributed by atoms with Crippen molar-refractivity contribution in [2.45, 2.75) is 19.4 Å². The predicted octanol–water partition coefficient (Wildman–Crippen LogP) is 2.40. The van der Waals surface area contributed by atoms with Crippen LogP contribution in [-0.4, -0.2) is 35.3 Å². The number of rotatable bonds is 8. The van der Waals surface area contributed by atoms with Crippen LogP contribution in [0.5, 0.6) is 11.5 Å². The van der Waals surface area contributed by atoms with Crippen molar-refractivity contribution in [3.8, 4) is 23.0 Å². The first-order chi connectivity index (χ1) is 13.2. The van der Waals surface area contributed by atoms with E-state index in [0.717, 1.165) is 11.1 Å². The van der Waals surface area contributed by atoms with Gasteiger partial charge in [-0.1, -0.05) is 6.07 Å². The molecule has 0 aliphatic rings. The monoisotopic (exact) mass is 368 g/mol. The number of pyridine rings is 1. The average molecular weight is 368 g/mol. The SMILES string of the molecule is COc1ccc(CNC(=O)CCc2nnc(-c3cccnc3)o2)cc1OC. The minimum atomic E-state index is -0.106. The quantitative estimate of drug-likeness (QED) is 0.652. The molecule has 8 heteroatoms. The van der Waals surface area contributed by atoms with Gasteiger partial charge in [-0.05, 0) is 29.8 Å². The van der Waals surface area contributed by atoms with Gasteiger partial charge in [0.25, 0.3) is 0 Å². The number of amides is 1. The van der Waals surface area contributed by atoms with E-state index in [0.29, 0.717) is 36.2 Å². The molecular weight excluding hydrogens is 348 g/mol. The topological polar surface area (TPSA) is 99.4 Å². The van der Waals surface area contributed by atoms with Crippen molar-refractivity contribution in [2.75, 3.05) is 14.2 Å². The van der Waals surface area contributed by atoms with Crippen LogP contribution in [0.1, 0.15) is 17.9 Å². The van der Waals surface area contributed by atoms with Gasteiger partial charge < -0.3 is 19.2 Å². The summed E-state index contributed by atoms with van der Waals surface area (Å²) >= 11 is 0. The molecular formula is C19H20N4O4. The highest BCUT2D eigenvalue weighted by atomic mass is 16.5. The van der Waals surface area contributed by atoms with Gasteiger partial charge in [0, 0.05) is 31.8 Å². The lowest BCUT2D eigenvalue weighted by molar-refractivity contribution is -0.121. The second-order valence-electron chi connectivity index (χ2n) is 5.71.